The Labute approximate surface area is 780 Å². The molecule has 7 fully saturated rings. The van der Waals surface area contributed by atoms with Gasteiger partial charge >= 0.3 is 5.97 Å². The number of phenols is 1. The normalized spacial score (nSPS) is 21.2. The number of carbonyl (C=O) groups excluding carboxylic acids is 21. The molecule has 0 bridgehead atoms. The molecule has 22 N–H and O–H groups in total. The predicted octanol–water partition coefficient (Wildman–Crippen LogP) is -4.73. The highest BCUT2D eigenvalue weighted by Crippen LogP contribution is 2.30. The van der Waals surface area contributed by atoms with Gasteiger partial charge in [-0.05, 0) is 164 Å². The van der Waals surface area contributed by atoms with Crippen LogP contribution >= 0.6 is 0 Å². The lowest BCUT2D eigenvalue weighted by atomic mass is 10.0. The van der Waals surface area contributed by atoms with Crippen molar-refractivity contribution < 1.29 is 116 Å². The first-order chi connectivity index (χ1) is 64.1. The van der Waals surface area contributed by atoms with Crippen LogP contribution in [0.4, 0.5) is 0 Å². The van der Waals surface area contributed by atoms with Crippen molar-refractivity contribution in [3.05, 3.63) is 65.7 Å². The Kier molecular flexibility index (Phi) is 38.6. The Hall–Kier alpha value is -13.4. The van der Waals surface area contributed by atoms with Crippen molar-refractivity contribution in [3.63, 3.8) is 0 Å². The number of aromatic hydroxyl groups is 1. The minimum absolute atomic E-state index is 0.00450. The number of rotatable bonds is 48. The molecule has 0 aromatic heterocycles. The lowest BCUT2D eigenvalue weighted by Crippen LogP contribution is -2.61. The summed E-state index contributed by atoms with van der Waals surface area (Å²) in [5.74, 6) is -18.8. The van der Waals surface area contributed by atoms with Gasteiger partial charge in [-0.25, -0.2) is 0 Å². The molecule has 0 spiro atoms. The second-order valence-corrected chi connectivity index (χ2v) is 36.5. The van der Waals surface area contributed by atoms with Gasteiger partial charge in [-0.3, -0.25) is 105 Å². The maximum Gasteiger partial charge on any atom is 0.303 e. The van der Waals surface area contributed by atoms with E-state index in [1.54, 1.807) is 58.0 Å². The third-order valence-electron chi connectivity index (χ3n) is 25.4. The maximum atomic E-state index is 15.2. The van der Waals surface area contributed by atoms with Gasteiger partial charge in [0.2, 0.25) is 124 Å². The van der Waals surface area contributed by atoms with E-state index in [2.05, 4.69) is 53.2 Å². The van der Waals surface area contributed by atoms with Crippen molar-refractivity contribution >= 4 is 130 Å². The molecule has 0 saturated carbocycles. The number of carbonyl (C=O) groups is 22. The number of hydrogen-bond donors (Lipinski definition) is 17. The van der Waals surface area contributed by atoms with Crippen molar-refractivity contribution in [2.24, 2.45) is 40.5 Å². The molecule has 16 atom stereocenters. The molecule has 0 aliphatic carbocycles. The van der Waals surface area contributed by atoms with Crippen LogP contribution in [0.3, 0.4) is 0 Å². The summed E-state index contributed by atoms with van der Waals surface area (Å²) < 4.78 is 0. The molecular formula is C90H129N21O24. The molecule has 7 aliphatic heterocycles. The Morgan fingerprint density at radius 1 is 0.341 bits per heavy atom. The van der Waals surface area contributed by atoms with Gasteiger partial charge < -0.3 is 121 Å². The fourth-order valence-corrected chi connectivity index (χ4v) is 18.5. The molecule has 0 unspecified atom stereocenters. The Morgan fingerprint density at radius 3 is 0.956 bits per heavy atom. The molecule has 7 aliphatic rings. The number of nitrogens with zero attached hydrogens (tertiary/aromatic N) is 6. The van der Waals surface area contributed by atoms with Crippen LogP contribution in [0, 0.1) is 11.8 Å². The molecule has 7 saturated heterocycles. The molecule has 9 rings (SSSR count). The molecule has 45 nitrogen and oxygen atoms in total. The fraction of sp³-hybridized carbons (Fsp3) is 0.622. The Balaban J connectivity index is 0.868. The number of nitrogens with two attached hydrogens (primary N) is 5. The van der Waals surface area contributed by atoms with Gasteiger partial charge in [-0.2, -0.15) is 0 Å². The average Bonchev–Trinajstić information content (AvgIpc) is 1.74. The average molecular weight is 1890 g/mol. The lowest BCUT2D eigenvalue weighted by molar-refractivity contribution is -0.146. The highest BCUT2D eigenvalue weighted by Gasteiger charge is 2.49. The summed E-state index contributed by atoms with van der Waals surface area (Å²) in [5, 5.41) is 46.9. The maximum absolute atomic E-state index is 15.2. The number of nitrogens with one attached hydrogen (secondary N) is 10. The molecule has 7 heterocycles. The van der Waals surface area contributed by atoms with Crippen LogP contribution in [0.5, 0.6) is 5.75 Å². The minimum atomic E-state index is -1.71. The number of likely N-dealkylation sites (tertiary alicyclic amines) is 6. The van der Waals surface area contributed by atoms with Crippen molar-refractivity contribution in [3.8, 4) is 5.75 Å². The molecule has 135 heavy (non-hydrogen) atoms. The summed E-state index contributed by atoms with van der Waals surface area (Å²) in [4.78, 5) is 312. The van der Waals surface area contributed by atoms with Gasteiger partial charge in [0.1, 0.15) is 102 Å². The van der Waals surface area contributed by atoms with E-state index in [4.69, 9.17) is 28.7 Å². The van der Waals surface area contributed by atoms with Gasteiger partial charge in [-0.15, -0.1) is 0 Å². The second-order valence-electron chi connectivity index (χ2n) is 36.5. The van der Waals surface area contributed by atoms with Crippen LogP contribution in [0.15, 0.2) is 54.6 Å². The highest BCUT2D eigenvalue weighted by molar-refractivity contribution is 6.03. The van der Waals surface area contributed by atoms with Crippen LogP contribution in [-0.4, -0.2) is 306 Å². The number of phenolic OH excluding ortho intramolecular Hbond substituents is 1. The lowest BCUT2D eigenvalue weighted by Gasteiger charge is -2.33. The Bertz CT molecular complexity index is 4730. The van der Waals surface area contributed by atoms with E-state index in [0.29, 0.717) is 17.5 Å². The monoisotopic (exact) mass is 1890 g/mol. The molecule has 2 aromatic carbocycles. The second kappa shape index (κ2) is 49.5. The van der Waals surface area contributed by atoms with E-state index in [9.17, 15) is 96.5 Å². The van der Waals surface area contributed by atoms with Crippen molar-refractivity contribution in [1.29, 1.82) is 0 Å². The first-order valence-corrected chi connectivity index (χ1v) is 46.4. The number of amides is 21. The number of benzene rings is 2. The van der Waals surface area contributed by atoms with Crippen LogP contribution in [0.2, 0.25) is 0 Å². The third kappa shape index (κ3) is 29.8. The number of carboxylic acids is 1. The molecule has 738 valence electrons. The van der Waals surface area contributed by atoms with E-state index in [0.717, 1.165) is 4.90 Å². The van der Waals surface area contributed by atoms with E-state index in [1.165, 1.54) is 48.8 Å². The summed E-state index contributed by atoms with van der Waals surface area (Å²) in [5.41, 5.74) is 28.5. The number of hydrogen-bond acceptors (Lipinski definition) is 23. The summed E-state index contributed by atoms with van der Waals surface area (Å²) in [7, 11) is 0. The standard InChI is InChI=1S/C90H129N21O24/c1-48(2)44-59(102-76(121)54-30-36-73(117)96-54)78(123)99-56(27-33-70(92)114)85(130)108-40-10-20-67(108)83(128)104-61(46-50-14-6-5-7-15-50)89(134)110-42-11-18-65(110)81(126)101-58(29-35-72(94)116)87(132)107-39-9-17-64(107)80(125)98-55(31-37-74(118)119)77(122)103-60(45-49(3)4)88(133)109-41-13-21-68(109)84(129)105-62(47-51-22-24-52(112)25-23-51)90(135)111-43-12-19-66(111)82(127)100-57(28-34-71(93)115)86(131)106-38-8-16-63(106)79(124)97-53(75(95)120)26-32-69(91)113/h5-7,14-15,22-25,48-49,53-68,112H,8-13,16-21,26-47H2,1-4H3,(H2,91,113)(H2,92,114)(H2,93,115)(H2,94,116)(H2,95,120)(H,96,117)(H,97,124)(H,98,125)(H,99,123)(H,100,127)(H,101,126)(H,102,121)(H,103,122)(H,104,128)(H,105,129)(H,118,119)/t53-,54-,55-,56-,57-,58-,59-,60-,61-,62-,63-,64-,65-,66-,67-,68-/m0/s1. The molecular weight excluding hydrogens is 1760 g/mol. The SMILES string of the molecule is CC(C)C[C@H](NC(=O)[C@@H]1CCC(=O)N1)C(=O)N[C@@H](CCC(N)=O)C(=O)N1CCC[C@H]1C(=O)N[C@@H](Cc1ccccc1)C(=O)N1CCC[C@H]1C(=O)N[C@@H](CCC(N)=O)C(=O)N1CCC[C@H]1C(=O)N[C@@H](CCC(=O)O)C(=O)N[C@@H](CC(C)C)C(=O)N1CCC[C@H]1C(=O)N[C@@H](Cc1ccc(O)cc1)C(=O)N1CCC[C@H]1C(=O)N[C@@H](CCC(N)=O)C(=O)N1CCC[C@H]1C(=O)N[C@@H](CCC(N)=O)C(N)=O. The first-order valence-electron chi connectivity index (χ1n) is 46.4. The van der Waals surface area contributed by atoms with Gasteiger partial charge in [0.15, 0.2) is 0 Å². The zero-order valence-electron chi connectivity index (χ0n) is 76.6. The van der Waals surface area contributed by atoms with E-state index < -0.39 is 253 Å². The number of aliphatic carboxylic acids is 1. The Morgan fingerprint density at radius 2 is 0.622 bits per heavy atom. The van der Waals surface area contributed by atoms with E-state index >= 15 is 19.2 Å². The molecule has 2 aromatic rings. The number of carboxylic acid groups (broad SMARTS) is 1. The van der Waals surface area contributed by atoms with Gasteiger partial charge in [-0.1, -0.05) is 70.2 Å². The quantitative estimate of drug-likeness (QED) is 0.0296. The van der Waals surface area contributed by atoms with Gasteiger partial charge in [0, 0.05) is 90.6 Å². The highest BCUT2D eigenvalue weighted by atomic mass is 16.4. The van der Waals surface area contributed by atoms with Crippen LogP contribution in [0.25, 0.3) is 0 Å². The summed E-state index contributed by atoms with van der Waals surface area (Å²) >= 11 is 0. The first kappa shape index (κ1) is 105. The van der Waals surface area contributed by atoms with Gasteiger partial charge in [0.25, 0.3) is 0 Å². The molecule has 0 radical (unpaired) electrons. The number of primary amides is 5. The molecule has 45 heteroatoms. The minimum Gasteiger partial charge on any atom is -0.508 e. The molecule has 21 amide bonds. The van der Waals surface area contributed by atoms with Crippen molar-refractivity contribution in [2.45, 2.75) is 304 Å². The van der Waals surface area contributed by atoms with E-state index in [-0.39, 0.29) is 204 Å². The smallest absolute Gasteiger partial charge is 0.303 e. The topological polar surface area (TPSA) is 686 Å². The summed E-state index contributed by atoms with van der Waals surface area (Å²) in [6.07, 6.45) is -2.34. The largest absolute Gasteiger partial charge is 0.508 e. The predicted molar refractivity (Wildman–Crippen MR) is 478 cm³/mol. The zero-order valence-corrected chi connectivity index (χ0v) is 76.6. The van der Waals surface area contributed by atoms with E-state index in [1.807, 2.05) is 0 Å². The van der Waals surface area contributed by atoms with Crippen molar-refractivity contribution in [1.82, 2.24) is 82.6 Å². The zero-order chi connectivity index (χ0) is 98.8. The van der Waals surface area contributed by atoms with Crippen LogP contribution in [-0.2, 0) is 118 Å². The van der Waals surface area contributed by atoms with Crippen LogP contribution in [0.1, 0.15) is 206 Å². The van der Waals surface area contributed by atoms with Crippen molar-refractivity contribution in [2.75, 3.05) is 39.3 Å². The third-order valence-corrected chi connectivity index (χ3v) is 25.4. The van der Waals surface area contributed by atoms with Gasteiger partial charge in [0.05, 0.1) is 0 Å². The summed E-state index contributed by atoms with van der Waals surface area (Å²) in [6.45, 7) is 6.86. The van der Waals surface area contributed by atoms with Crippen LogP contribution < -0.4 is 81.8 Å². The fourth-order valence-electron chi connectivity index (χ4n) is 18.5. The summed E-state index contributed by atoms with van der Waals surface area (Å²) in [6, 6.07) is -7.46.